The predicted molar refractivity (Wildman–Crippen MR) is 66.6 cm³/mol. The van der Waals surface area contributed by atoms with Crippen molar-refractivity contribution in [1.29, 1.82) is 0 Å². The van der Waals surface area contributed by atoms with Crippen molar-refractivity contribution in [3.05, 3.63) is 35.4 Å². The van der Waals surface area contributed by atoms with Crippen LogP contribution < -0.4 is 0 Å². The second-order valence-corrected chi connectivity index (χ2v) is 5.08. The molecule has 0 saturated carbocycles. The van der Waals surface area contributed by atoms with E-state index in [1.165, 1.54) is 18.2 Å². The summed E-state index contributed by atoms with van der Waals surface area (Å²) in [6.45, 7) is 2.63. The van der Waals surface area contributed by atoms with Crippen molar-refractivity contribution >= 4 is 5.97 Å². The van der Waals surface area contributed by atoms with Crippen molar-refractivity contribution in [2.75, 3.05) is 6.54 Å². The number of benzene rings is 1. The minimum atomic E-state index is -0.788. The molecule has 1 aromatic rings. The summed E-state index contributed by atoms with van der Waals surface area (Å²) >= 11 is 0. The molecule has 0 amide bonds. The number of piperidine rings is 1. The highest BCUT2D eigenvalue weighted by Gasteiger charge is 2.30. The molecule has 0 aromatic heterocycles. The predicted octanol–water partition coefficient (Wildman–Crippen LogP) is 2.65. The van der Waals surface area contributed by atoms with Gasteiger partial charge in [-0.1, -0.05) is 6.07 Å². The number of rotatable bonds is 3. The third-order valence-corrected chi connectivity index (χ3v) is 3.79. The van der Waals surface area contributed by atoms with Crippen molar-refractivity contribution in [2.24, 2.45) is 5.92 Å². The van der Waals surface area contributed by atoms with E-state index in [0.29, 0.717) is 19.4 Å². The number of hydrogen-bond acceptors (Lipinski definition) is 2. The van der Waals surface area contributed by atoms with E-state index >= 15 is 0 Å². The van der Waals surface area contributed by atoms with E-state index in [9.17, 15) is 13.6 Å². The fourth-order valence-corrected chi connectivity index (χ4v) is 2.57. The molecule has 1 fully saturated rings. The van der Waals surface area contributed by atoms with Crippen LogP contribution in [0.2, 0.25) is 0 Å². The average Bonchev–Trinajstić information content (AvgIpc) is 2.35. The number of carboxylic acid groups (broad SMARTS) is 1. The molecule has 3 nitrogen and oxygen atoms in total. The molecular formula is C14H17F2NO2. The lowest BCUT2D eigenvalue weighted by Gasteiger charge is -2.36. The van der Waals surface area contributed by atoms with Crippen LogP contribution in [-0.2, 0) is 11.3 Å². The van der Waals surface area contributed by atoms with Gasteiger partial charge in [-0.2, -0.15) is 0 Å². The van der Waals surface area contributed by atoms with Gasteiger partial charge in [0.05, 0.1) is 5.92 Å². The first-order valence-electron chi connectivity index (χ1n) is 6.38. The summed E-state index contributed by atoms with van der Waals surface area (Å²) in [4.78, 5) is 12.9. The number of carbonyl (C=O) groups is 1. The molecule has 0 bridgehead atoms. The van der Waals surface area contributed by atoms with Gasteiger partial charge in [0.1, 0.15) is 11.6 Å². The Morgan fingerprint density at radius 2 is 2.05 bits per heavy atom. The maximum Gasteiger partial charge on any atom is 0.306 e. The Labute approximate surface area is 110 Å². The molecule has 0 aliphatic carbocycles. The summed E-state index contributed by atoms with van der Waals surface area (Å²) in [5.41, 5.74) is 0.0584. The van der Waals surface area contributed by atoms with Gasteiger partial charge in [-0.3, -0.25) is 9.69 Å². The molecule has 1 N–H and O–H groups in total. The van der Waals surface area contributed by atoms with Gasteiger partial charge >= 0.3 is 5.97 Å². The standard InChI is InChI=1S/C14H17F2NO2/c1-9-7-10(14(18)19)5-6-17(9)8-11-12(15)3-2-4-13(11)16/h2-4,9-10H,5-8H2,1H3,(H,18,19). The molecule has 2 rings (SSSR count). The summed E-state index contributed by atoms with van der Waals surface area (Å²) in [6.07, 6.45) is 1.04. The highest BCUT2D eigenvalue weighted by molar-refractivity contribution is 5.70. The SMILES string of the molecule is CC1CC(C(=O)O)CCN1Cc1c(F)cccc1F. The first-order chi connectivity index (χ1) is 8.99. The zero-order valence-electron chi connectivity index (χ0n) is 10.8. The summed E-state index contributed by atoms with van der Waals surface area (Å²) in [5.74, 6) is -2.24. The van der Waals surface area contributed by atoms with E-state index in [2.05, 4.69) is 0 Å². The fourth-order valence-electron chi connectivity index (χ4n) is 2.57. The molecule has 1 aliphatic rings. The molecular weight excluding hydrogens is 252 g/mol. The third-order valence-electron chi connectivity index (χ3n) is 3.79. The van der Waals surface area contributed by atoms with Crippen LogP contribution in [0.15, 0.2) is 18.2 Å². The fraction of sp³-hybridized carbons (Fsp3) is 0.500. The molecule has 19 heavy (non-hydrogen) atoms. The Balaban J connectivity index is 2.06. The van der Waals surface area contributed by atoms with Crippen LogP contribution in [0.1, 0.15) is 25.3 Å². The molecule has 1 heterocycles. The van der Waals surface area contributed by atoms with Gasteiger partial charge in [-0.15, -0.1) is 0 Å². The molecule has 1 saturated heterocycles. The lowest BCUT2D eigenvalue weighted by atomic mass is 9.91. The highest BCUT2D eigenvalue weighted by atomic mass is 19.1. The molecule has 5 heteroatoms. The van der Waals surface area contributed by atoms with Gasteiger partial charge < -0.3 is 5.11 Å². The van der Waals surface area contributed by atoms with E-state index < -0.39 is 17.6 Å². The Hall–Kier alpha value is -1.49. The van der Waals surface area contributed by atoms with Crippen LogP contribution in [0.5, 0.6) is 0 Å². The quantitative estimate of drug-likeness (QED) is 0.917. The molecule has 0 spiro atoms. The van der Waals surface area contributed by atoms with Crippen molar-refractivity contribution in [3.63, 3.8) is 0 Å². The van der Waals surface area contributed by atoms with Gasteiger partial charge in [0.2, 0.25) is 0 Å². The van der Waals surface area contributed by atoms with Gasteiger partial charge in [0.15, 0.2) is 0 Å². The monoisotopic (exact) mass is 269 g/mol. The van der Waals surface area contributed by atoms with Gasteiger partial charge in [0.25, 0.3) is 0 Å². The summed E-state index contributed by atoms with van der Waals surface area (Å²) in [7, 11) is 0. The van der Waals surface area contributed by atoms with Gasteiger partial charge in [0, 0.05) is 18.2 Å². The lowest BCUT2D eigenvalue weighted by Crippen LogP contribution is -2.42. The summed E-state index contributed by atoms with van der Waals surface area (Å²) < 4.78 is 27.2. The van der Waals surface area contributed by atoms with Gasteiger partial charge in [-0.05, 0) is 38.4 Å². The number of carboxylic acids is 1. The summed E-state index contributed by atoms with van der Waals surface area (Å²) in [5, 5.41) is 8.98. The van der Waals surface area contributed by atoms with E-state index in [4.69, 9.17) is 5.11 Å². The third kappa shape index (κ3) is 3.10. The van der Waals surface area contributed by atoms with E-state index in [1.54, 1.807) is 0 Å². The average molecular weight is 269 g/mol. The number of aliphatic carboxylic acids is 1. The Kier molecular flexibility index (Phi) is 4.14. The minimum Gasteiger partial charge on any atom is -0.481 e. The molecule has 0 radical (unpaired) electrons. The van der Waals surface area contributed by atoms with Crippen LogP contribution in [0.3, 0.4) is 0 Å². The first kappa shape index (κ1) is 13.9. The zero-order chi connectivity index (χ0) is 14.0. The maximum atomic E-state index is 13.6. The van der Waals surface area contributed by atoms with Gasteiger partial charge in [-0.25, -0.2) is 8.78 Å². The van der Waals surface area contributed by atoms with E-state index in [1.807, 2.05) is 11.8 Å². The number of hydrogen-bond donors (Lipinski definition) is 1. The van der Waals surface area contributed by atoms with Crippen LogP contribution >= 0.6 is 0 Å². The van der Waals surface area contributed by atoms with Crippen molar-refractivity contribution in [2.45, 2.75) is 32.4 Å². The Bertz CT molecular complexity index is 458. The second kappa shape index (κ2) is 5.65. The van der Waals surface area contributed by atoms with Crippen LogP contribution in [0.25, 0.3) is 0 Å². The molecule has 104 valence electrons. The second-order valence-electron chi connectivity index (χ2n) is 5.08. The largest absolute Gasteiger partial charge is 0.481 e. The summed E-state index contributed by atoms with van der Waals surface area (Å²) in [6, 6.07) is 3.84. The van der Waals surface area contributed by atoms with Crippen molar-refractivity contribution < 1.29 is 18.7 Å². The van der Waals surface area contributed by atoms with E-state index in [-0.39, 0.29) is 24.1 Å². The highest BCUT2D eigenvalue weighted by Crippen LogP contribution is 2.25. The normalized spacial score (nSPS) is 24.4. The number of nitrogens with zero attached hydrogens (tertiary/aromatic N) is 1. The molecule has 2 unspecified atom stereocenters. The molecule has 1 aromatic carbocycles. The number of likely N-dealkylation sites (tertiary alicyclic amines) is 1. The van der Waals surface area contributed by atoms with Crippen LogP contribution in [0, 0.1) is 17.6 Å². The first-order valence-corrected chi connectivity index (χ1v) is 6.38. The number of halogens is 2. The minimum absolute atomic E-state index is 0.00820. The molecule has 1 aliphatic heterocycles. The van der Waals surface area contributed by atoms with Crippen molar-refractivity contribution in [3.8, 4) is 0 Å². The van der Waals surface area contributed by atoms with E-state index in [0.717, 1.165) is 0 Å². The Morgan fingerprint density at radius 1 is 1.42 bits per heavy atom. The molecule has 2 atom stereocenters. The van der Waals surface area contributed by atoms with Crippen molar-refractivity contribution in [1.82, 2.24) is 4.90 Å². The maximum absolute atomic E-state index is 13.6. The topological polar surface area (TPSA) is 40.5 Å². The zero-order valence-corrected chi connectivity index (χ0v) is 10.8. The van der Waals surface area contributed by atoms with Crippen LogP contribution in [-0.4, -0.2) is 28.6 Å². The smallest absolute Gasteiger partial charge is 0.306 e. The van der Waals surface area contributed by atoms with Crippen LogP contribution in [0.4, 0.5) is 8.78 Å². The lowest BCUT2D eigenvalue weighted by molar-refractivity contribution is -0.144. The Morgan fingerprint density at radius 3 is 2.58 bits per heavy atom.